The summed E-state index contributed by atoms with van der Waals surface area (Å²) >= 11 is 0. The van der Waals surface area contributed by atoms with Gasteiger partial charge in [0.15, 0.2) is 0 Å². The highest BCUT2D eigenvalue weighted by Crippen LogP contribution is 1.96. The molecule has 72 valence electrons. The second-order valence-electron chi connectivity index (χ2n) is 3.04. The van der Waals surface area contributed by atoms with E-state index in [0.29, 0.717) is 0 Å². The molecule has 0 unspecified atom stereocenters. The Balaban J connectivity index is 3.85. The molecular weight excluding hydrogens is 170 g/mol. The molecule has 0 aromatic carbocycles. The Hall–Kier alpha value is -1.54. The van der Waals surface area contributed by atoms with E-state index in [9.17, 15) is 9.59 Å². The molecule has 0 radical (unpaired) electrons. The average molecular weight is 183 g/mol. The summed E-state index contributed by atoms with van der Waals surface area (Å²) in [7, 11) is 0. The Morgan fingerprint density at radius 3 is 2.46 bits per heavy atom. The van der Waals surface area contributed by atoms with Crippen molar-refractivity contribution in [3.63, 3.8) is 0 Å². The molecular formula is C8H13N3O2. The molecule has 0 aromatic rings. The van der Waals surface area contributed by atoms with Crippen molar-refractivity contribution in [2.24, 2.45) is 5.73 Å². The molecule has 0 saturated carbocycles. The molecule has 0 bridgehead atoms. The number of carbonyl (C=O) groups is 2. The van der Waals surface area contributed by atoms with E-state index >= 15 is 0 Å². The summed E-state index contributed by atoms with van der Waals surface area (Å²) in [5, 5.41) is 4.67. The number of nitrogens with two attached hydrogens (primary N) is 1. The summed E-state index contributed by atoms with van der Waals surface area (Å²) in [6.07, 6.45) is 5.16. The van der Waals surface area contributed by atoms with Gasteiger partial charge in [0.25, 0.3) is 0 Å². The summed E-state index contributed by atoms with van der Waals surface area (Å²) in [5.41, 5.74) is 4.15. The summed E-state index contributed by atoms with van der Waals surface area (Å²) in [6, 6.07) is -0.870. The van der Waals surface area contributed by atoms with Gasteiger partial charge in [0.2, 0.25) is 5.91 Å². The largest absolute Gasteiger partial charge is 0.351 e. The first kappa shape index (κ1) is 11.5. The van der Waals surface area contributed by atoms with E-state index in [1.54, 1.807) is 13.8 Å². The predicted molar refractivity (Wildman–Crippen MR) is 48.6 cm³/mol. The lowest BCUT2D eigenvalue weighted by Crippen LogP contribution is -2.46. The number of amides is 3. The fourth-order valence-corrected chi connectivity index (χ4v) is 0.534. The van der Waals surface area contributed by atoms with Crippen molar-refractivity contribution in [3.05, 3.63) is 0 Å². The fourth-order valence-electron chi connectivity index (χ4n) is 0.534. The van der Waals surface area contributed by atoms with Gasteiger partial charge < -0.3 is 5.73 Å². The molecule has 0 aliphatic rings. The molecule has 0 aromatic heterocycles. The average Bonchev–Trinajstić information content (AvgIpc) is 2.00. The highest BCUT2D eigenvalue weighted by molar-refractivity contribution is 5.94. The van der Waals surface area contributed by atoms with Gasteiger partial charge in [0.1, 0.15) is 0 Å². The van der Waals surface area contributed by atoms with Crippen molar-refractivity contribution < 1.29 is 9.59 Å². The van der Waals surface area contributed by atoms with Gasteiger partial charge in [0.05, 0.1) is 12.1 Å². The molecule has 0 aliphatic heterocycles. The second kappa shape index (κ2) is 4.48. The number of primary amides is 1. The second-order valence-corrected chi connectivity index (χ2v) is 3.04. The van der Waals surface area contributed by atoms with Crippen molar-refractivity contribution >= 4 is 11.9 Å². The maximum Gasteiger partial charge on any atom is 0.318 e. The first-order chi connectivity index (χ1) is 5.87. The standard InChI is InChI=1S/C8H13N3O2/c1-4-8(2,3)10-5-6(12)11-7(9)13/h1,10H,5H2,2-3H3,(H3,9,11,12,13). The van der Waals surface area contributed by atoms with E-state index < -0.39 is 17.5 Å². The Morgan fingerprint density at radius 2 is 2.08 bits per heavy atom. The van der Waals surface area contributed by atoms with Crippen molar-refractivity contribution in [2.75, 3.05) is 6.54 Å². The summed E-state index contributed by atoms with van der Waals surface area (Å²) in [4.78, 5) is 21.1. The van der Waals surface area contributed by atoms with E-state index in [4.69, 9.17) is 12.2 Å². The van der Waals surface area contributed by atoms with Crippen molar-refractivity contribution in [1.29, 1.82) is 0 Å². The van der Waals surface area contributed by atoms with Crippen LogP contribution in [0.15, 0.2) is 0 Å². The maximum atomic E-state index is 10.9. The monoisotopic (exact) mass is 183 g/mol. The molecule has 13 heavy (non-hydrogen) atoms. The summed E-state index contributed by atoms with van der Waals surface area (Å²) in [6.45, 7) is 3.44. The molecule has 0 spiro atoms. The molecule has 0 aliphatic carbocycles. The molecule has 0 atom stereocenters. The molecule has 4 N–H and O–H groups in total. The van der Waals surface area contributed by atoms with Crippen LogP contribution in [0.25, 0.3) is 0 Å². The van der Waals surface area contributed by atoms with E-state index in [0.717, 1.165) is 0 Å². The highest BCUT2D eigenvalue weighted by atomic mass is 16.2. The molecule has 0 heterocycles. The maximum absolute atomic E-state index is 10.9. The smallest absolute Gasteiger partial charge is 0.318 e. The third-order valence-corrected chi connectivity index (χ3v) is 1.31. The lowest BCUT2D eigenvalue weighted by molar-refractivity contribution is -0.119. The number of rotatable bonds is 3. The fraction of sp³-hybridized carbons (Fsp3) is 0.500. The molecule has 5 heteroatoms. The van der Waals surface area contributed by atoms with Crippen LogP contribution in [0.1, 0.15) is 13.8 Å². The van der Waals surface area contributed by atoms with Gasteiger partial charge in [-0.1, -0.05) is 5.92 Å². The van der Waals surface area contributed by atoms with Gasteiger partial charge in [-0.15, -0.1) is 6.42 Å². The molecule has 0 rings (SSSR count). The van der Waals surface area contributed by atoms with Crippen LogP contribution in [0.2, 0.25) is 0 Å². The number of carbonyl (C=O) groups excluding carboxylic acids is 2. The lowest BCUT2D eigenvalue weighted by atomic mass is 10.1. The van der Waals surface area contributed by atoms with Gasteiger partial charge in [-0.25, -0.2) is 4.79 Å². The number of nitrogens with one attached hydrogen (secondary N) is 2. The topological polar surface area (TPSA) is 84.2 Å². The minimum atomic E-state index is -0.870. The van der Waals surface area contributed by atoms with Crippen molar-refractivity contribution in [2.45, 2.75) is 19.4 Å². The SMILES string of the molecule is C#CC(C)(C)NCC(=O)NC(N)=O. The molecule has 0 fully saturated rings. The predicted octanol–water partition coefficient (Wildman–Crippen LogP) is -0.817. The van der Waals surface area contributed by atoms with Crippen LogP contribution < -0.4 is 16.4 Å². The zero-order valence-electron chi connectivity index (χ0n) is 7.68. The zero-order chi connectivity index (χ0) is 10.5. The number of urea groups is 1. The van der Waals surface area contributed by atoms with Crippen LogP contribution in [0.3, 0.4) is 0 Å². The van der Waals surface area contributed by atoms with Crippen LogP contribution in [-0.2, 0) is 4.79 Å². The number of terminal acetylenes is 1. The van der Waals surface area contributed by atoms with Crippen LogP contribution in [0.4, 0.5) is 4.79 Å². The Labute approximate surface area is 77.1 Å². The Morgan fingerprint density at radius 1 is 1.54 bits per heavy atom. The van der Waals surface area contributed by atoms with Crippen LogP contribution in [-0.4, -0.2) is 24.0 Å². The highest BCUT2D eigenvalue weighted by Gasteiger charge is 2.14. The van der Waals surface area contributed by atoms with Crippen LogP contribution in [0, 0.1) is 12.3 Å². The molecule has 0 saturated heterocycles. The third-order valence-electron chi connectivity index (χ3n) is 1.31. The van der Waals surface area contributed by atoms with Gasteiger partial charge in [-0.3, -0.25) is 15.4 Å². The van der Waals surface area contributed by atoms with Gasteiger partial charge in [-0.2, -0.15) is 0 Å². The quantitative estimate of drug-likeness (QED) is 0.500. The van der Waals surface area contributed by atoms with E-state index in [2.05, 4.69) is 11.2 Å². The number of hydrogen-bond acceptors (Lipinski definition) is 3. The first-order valence-electron chi connectivity index (χ1n) is 3.69. The number of imide groups is 1. The van der Waals surface area contributed by atoms with Crippen molar-refractivity contribution in [3.8, 4) is 12.3 Å². The molecule has 5 nitrogen and oxygen atoms in total. The minimum absolute atomic E-state index is 0.0415. The zero-order valence-corrected chi connectivity index (χ0v) is 7.68. The van der Waals surface area contributed by atoms with Gasteiger partial charge in [0, 0.05) is 0 Å². The van der Waals surface area contributed by atoms with E-state index in [-0.39, 0.29) is 6.54 Å². The Bertz CT molecular complexity index is 253. The van der Waals surface area contributed by atoms with Gasteiger partial charge >= 0.3 is 6.03 Å². The van der Waals surface area contributed by atoms with Crippen molar-refractivity contribution in [1.82, 2.24) is 10.6 Å². The molecule has 3 amide bonds. The van der Waals surface area contributed by atoms with E-state index in [1.165, 1.54) is 0 Å². The van der Waals surface area contributed by atoms with Crippen LogP contribution in [0.5, 0.6) is 0 Å². The Kier molecular flexibility index (Phi) is 3.95. The van der Waals surface area contributed by atoms with E-state index in [1.807, 2.05) is 5.32 Å². The lowest BCUT2D eigenvalue weighted by Gasteiger charge is -2.18. The summed E-state index contributed by atoms with van der Waals surface area (Å²) in [5.74, 6) is 1.94. The third kappa shape index (κ3) is 5.70. The first-order valence-corrected chi connectivity index (χ1v) is 3.69. The summed E-state index contributed by atoms with van der Waals surface area (Å²) < 4.78 is 0. The number of hydrogen-bond donors (Lipinski definition) is 3. The minimum Gasteiger partial charge on any atom is -0.351 e. The van der Waals surface area contributed by atoms with Gasteiger partial charge in [-0.05, 0) is 13.8 Å². The normalized spacial score (nSPS) is 10.2. The van der Waals surface area contributed by atoms with Crippen LogP contribution >= 0.6 is 0 Å².